The zero-order valence-electron chi connectivity index (χ0n) is 8.07. The van der Waals surface area contributed by atoms with Crippen LogP contribution in [0.3, 0.4) is 0 Å². The predicted octanol–water partition coefficient (Wildman–Crippen LogP) is 0.451. The molecule has 0 spiro atoms. The fraction of sp³-hybridized carbons (Fsp3) is 0.333. The quantitative estimate of drug-likeness (QED) is 0.689. The molecule has 0 atom stereocenters. The second-order valence-electron chi connectivity index (χ2n) is 2.87. The Hall–Kier alpha value is -1.78. The first kappa shape index (κ1) is 10.3. The van der Waals surface area contributed by atoms with Crippen molar-refractivity contribution in [2.45, 2.75) is 20.4 Å². The van der Waals surface area contributed by atoms with Gasteiger partial charge in [0.15, 0.2) is 0 Å². The molecule has 2 N–H and O–H groups in total. The summed E-state index contributed by atoms with van der Waals surface area (Å²) in [5.74, 6) is -0.204. The summed E-state index contributed by atoms with van der Waals surface area (Å²) in [6, 6.07) is 1.37. The van der Waals surface area contributed by atoms with Crippen molar-refractivity contribution in [3.05, 3.63) is 22.0 Å². The Balaban J connectivity index is 3.43. The van der Waals surface area contributed by atoms with Crippen molar-refractivity contribution in [2.75, 3.05) is 5.32 Å². The highest BCUT2D eigenvalue weighted by Crippen LogP contribution is 2.23. The lowest BCUT2D eigenvalue weighted by Crippen LogP contribution is -2.20. The van der Waals surface area contributed by atoms with E-state index in [0.717, 1.165) is 0 Å². The summed E-state index contributed by atoms with van der Waals surface area (Å²) in [5.41, 5.74) is 0.546. The van der Waals surface area contributed by atoms with Crippen molar-refractivity contribution >= 4 is 12.1 Å². The number of rotatable bonds is 3. The number of nitrogens with one attached hydrogen (secondary N) is 1. The van der Waals surface area contributed by atoms with Crippen LogP contribution in [0.5, 0.6) is 5.88 Å². The lowest BCUT2D eigenvalue weighted by atomic mass is 10.2. The number of aromatic hydroxyl groups is 1. The molecule has 1 aromatic heterocycles. The number of anilines is 1. The molecule has 5 heteroatoms. The number of nitrogens with zero attached hydrogens (tertiary/aromatic N) is 1. The maximum atomic E-state index is 11.3. The van der Waals surface area contributed by atoms with Crippen molar-refractivity contribution in [3.63, 3.8) is 0 Å². The molecule has 0 fully saturated rings. The largest absolute Gasteiger partial charge is 0.493 e. The highest BCUT2D eigenvalue weighted by atomic mass is 16.3. The molecule has 1 heterocycles. The summed E-state index contributed by atoms with van der Waals surface area (Å²) >= 11 is 0. The smallest absolute Gasteiger partial charge is 0.253 e. The van der Waals surface area contributed by atoms with Crippen LogP contribution in [0.2, 0.25) is 0 Å². The Bertz CT molecular complexity index is 409. The number of carbonyl (C=O) groups excluding carboxylic acids is 1. The van der Waals surface area contributed by atoms with Gasteiger partial charge >= 0.3 is 0 Å². The number of hydrogen-bond donors (Lipinski definition) is 2. The van der Waals surface area contributed by atoms with Crippen LogP contribution < -0.4 is 10.9 Å². The summed E-state index contributed by atoms with van der Waals surface area (Å²) in [5, 5.41) is 12.0. The molecule has 14 heavy (non-hydrogen) atoms. The third-order valence-corrected chi connectivity index (χ3v) is 2.00. The van der Waals surface area contributed by atoms with E-state index in [2.05, 4.69) is 5.32 Å². The lowest BCUT2D eigenvalue weighted by Gasteiger charge is -2.11. The van der Waals surface area contributed by atoms with E-state index < -0.39 is 0 Å². The maximum absolute atomic E-state index is 11.3. The van der Waals surface area contributed by atoms with Crippen LogP contribution in [-0.4, -0.2) is 16.1 Å². The van der Waals surface area contributed by atoms with Gasteiger partial charge in [0.05, 0.1) is 0 Å². The molecule has 1 rings (SSSR count). The topological polar surface area (TPSA) is 71.3 Å². The number of aryl methyl sites for hydroxylation is 1. The van der Waals surface area contributed by atoms with Crippen LogP contribution in [0.4, 0.5) is 5.69 Å². The van der Waals surface area contributed by atoms with Crippen molar-refractivity contribution in [1.82, 2.24) is 4.57 Å². The van der Waals surface area contributed by atoms with Gasteiger partial charge in [0.2, 0.25) is 12.3 Å². The standard InChI is InChI=1S/C9H12N2O3/c1-3-11-7(13)4-6(2)8(9(11)14)10-5-12/h4-5,14H,3H2,1-2H3,(H,10,12). The Morgan fingerprint density at radius 2 is 2.29 bits per heavy atom. The second-order valence-corrected chi connectivity index (χ2v) is 2.87. The number of carbonyl (C=O) groups is 1. The monoisotopic (exact) mass is 196 g/mol. The van der Waals surface area contributed by atoms with E-state index >= 15 is 0 Å². The van der Waals surface area contributed by atoms with E-state index in [1.807, 2.05) is 0 Å². The molecule has 0 saturated heterocycles. The van der Waals surface area contributed by atoms with Gasteiger partial charge in [0.25, 0.3) is 5.56 Å². The highest BCUT2D eigenvalue weighted by Gasteiger charge is 2.10. The van der Waals surface area contributed by atoms with Gasteiger partial charge < -0.3 is 10.4 Å². The number of hydrogen-bond acceptors (Lipinski definition) is 3. The first-order valence-electron chi connectivity index (χ1n) is 4.25. The van der Waals surface area contributed by atoms with Crippen LogP contribution in [-0.2, 0) is 11.3 Å². The third kappa shape index (κ3) is 1.61. The summed E-state index contributed by atoms with van der Waals surface area (Å²) < 4.78 is 1.18. The van der Waals surface area contributed by atoms with Crippen LogP contribution >= 0.6 is 0 Å². The van der Waals surface area contributed by atoms with Gasteiger partial charge in [-0.25, -0.2) is 0 Å². The molecule has 0 aliphatic rings. The average Bonchev–Trinajstić information content (AvgIpc) is 2.12. The van der Waals surface area contributed by atoms with Gasteiger partial charge in [0.1, 0.15) is 5.69 Å². The van der Waals surface area contributed by atoms with Crippen LogP contribution in [0.25, 0.3) is 0 Å². The van der Waals surface area contributed by atoms with E-state index in [1.165, 1.54) is 10.6 Å². The Labute approximate surface area is 81.0 Å². The predicted molar refractivity (Wildman–Crippen MR) is 52.5 cm³/mol. The Morgan fingerprint density at radius 3 is 2.79 bits per heavy atom. The molecule has 0 aliphatic carbocycles. The SMILES string of the molecule is CCn1c(O)c(NC=O)c(C)cc1=O. The number of pyridine rings is 1. The fourth-order valence-corrected chi connectivity index (χ4v) is 1.29. The molecule has 0 bridgehead atoms. The molecule has 1 aromatic rings. The third-order valence-electron chi connectivity index (χ3n) is 2.00. The minimum absolute atomic E-state index is 0.204. The van der Waals surface area contributed by atoms with Gasteiger partial charge in [-0.05, 0) is 19.4 Å². The molecule has 0 aliphatic heterocycles. The van der Waals surface area contributed by atoms with Crippen molar-refractivity contribution in [2.24, 2.45) is 0 Å². The minimum atomic E-state index is -0.279. The molecular weight excluding hydrogens is 184 g/mol. The maximum Gasteiger partial charge on any atom is 0.253 e. The van der Waals surface area contributed by atoms with E-state index in [-0.39, 0.29) is 17.1 Å². The summed E-state index contributed by atoms with van der Waals surface area (Å²) in [7, 11) is 0. The van der Waals surface area contributed by atoms with Gasteiger partial charge in [-0.2, -0.15) is 0 Å². The molecular formula is C9H12N2O3. The summed E-state index contributed by atoms with van der Waals surface area (Å²) in [6.45, 7) is 3.74. The number of amides is 1. The van der Waals surface area contributed by atoms with Gasteiger partial charge in [-0.3, -0.25) is 14.2 Å². The Kier molecular flexibility index (Phi) is 2.91. The molecule has 0 unspecified atom stereocenters. The number of aromatic nitrogens is 1. The zero-order chi connectivity index (χ0) is 10.7. The van der Waals surface area contributed by atoms with E-state index in [1.54, 1.807) is 13.8 Å². The van der Waals surface area contributed by atoms with E-state index in [4.69, 9.17) is 0 Å². The Morgan fingerprint density at radius 1 is 1.64 bits per heavy atom. The van der Waals surface area contributed by atoms with Crippen LogP contribution in [0.1, 0.15) is 12.5 Å². The molecule has 76 valence electrons. The summed E-state index contributed by atoms with van der Waals surface area (Å²) in [4.78, 5) is 21.6. The van der Waals surface area contributed by atoms with Crippen molar-refractivity contribution < 1.29 is 9.90 Å². The van der Waals surface area contributed by atoms with Gasteiger partial charge in [-0.15, -0.1) is 0 Å². The van der Waals surface area contributed by atoms with E-state index in [9.17, 15) is 14.7 Å². The van der Waals surface area contributed by atoms with Crippen LogP contribution in [0, 0.1) is 6.92 Å². The first-order valence-corrected chi connectivity index (χ1v) is 4.25. The second kappa shape index (κ2) is 3.95. The normalized spacial score (nSPS) is 9.86. The van der Waals surface area contributed by atoms with Crippen molar-refractivity contribution in [1.29, 1.82) is 0 Å². The van der Waals surface area contributed by atoms with Crippen LogP contribution in [0.15, 0.2) is 10.9 Å². The lowest BCUT2D eigenvalue weighted by molar-refractivity contribution is -0.105. The molecule has 0 radical (unpaired) electrons. The fourth-order valence-electron chi connectivity index (χ4n) is 1.29. The van der Waals surface area contributed by atoms with Crippen molar-refractivity contribution in [3.8, 4) is 5.88 Å². The molecule has 1 amide bonds. The molecule has 0 aromatic carbocycles. The highest BCUT2D eigenvalue weighted by molar-refractivity contribution is 5.76. The molecule has 0 saturated carbocycles. The zero-order valence-corrected chi connectivity index (χ0v) is 8.07. The first-order chi connectivity index (χ1) is 6.61. The minimum Gasteiger partial charge on any atom is -0.493 e. The molecule has 5 nitrogen and oxygen atoms in total. The average molecular weight is 196 g/mol. The van der Waals surface area contributed by atoms with Gasteiger partial charge in [0, 0.05) is 12.6 Å². The van der Waals surface area contributed by atoms with Gasteiger partial charge in [-0.1, -0.05) is 0 Å². The van der Waals surface area contributed by atoms with E-state index in [0.29, 0.717) is 18.5 Å². The summed E-state index contributed by atoms with van der Waals surface area (Å²) in [6.07, 6.45) is 0.465.